The predicted octanol–water partition coefficient (Wildman–Crippen LogP) is 2.26. The highest BCUT2D eigenvalue weighted by Gasteiger charge is 2.23. The van der Waals surface area contributed by atoms with Gasteiger partial charge in [-0.1, -0.05) is 13.8 Å². The lowest BCUT2D eigenvalue weighted by molar-refractivity contribution is 0.447. The van der Waals surface area contributed by atoms with Gasteiger partial charge in [0.2, 0.25) is 0 Å². The molecule has 0 radical (unpaired) electrons. The number of nitrogens with two attached hydrogens (primary N) is 1. The van der Waals surface area contributed by atoms with Crippen LogP contribution in [0.3, 0.4) is 0 Å². The summed E-state index contributed by atoms with van der Waals surface area (Å²) in [6, 6.07) is 3.49. The normalized spacial score (nSPS) is 16.3. The smallest absolute Gasteiger partial charge is 0.252 e. The zero-order valence-corrected chi connectivity index (χ0v) is 18.8. The van der Waals surface area contributed by atoms with E-state index in [1.807, 2.05) is 31.7 Å². The molecule has 138 valence electrons. The predicted molar refractivity (Wildman–Crippen MR) is 114 cm³/mol. The van der Waals surface area contributed by atoms with Crippen LogP contribution in [0.15, 0.2) is 21.3 Å². The molecule has 2 heterocycles. The first-order valence-electron chi connectivity index (χ1n) is 7.70. The Labute approximate surface area is 169 Å². The van der Waals surface area contributed by atoms with Gasteiger partial charge in [0.15, 0.2) is 5.96 Å². The Bertz CT molecular complexity index is 638. The highest BCUT2D eigenvalue weighted by atomic mass is 127. The van der Waals surface area contributed by atoms with Gasteiger partial charge in [-0.2, -0.15) is 16.1 Å². The molecule has 0 atom stereocenters. The number of thiophene rings is 1. The minimum atomic E-state index is -3.38. The molecule has 1 aliphatic heterocycles. The van der Waals surface area contributed by atoms with Crippen LogP contribution in [0.4, 0.5) is 0 Å². The number of nitrogens with zero attached hydrogens (tertiary/aromatic N) is 3. The van der Waals surface area contributed by atoms with Gasteiger partial charge in [-0.05, 0) is 12.1 Å². The summed E-state index contributed by atoms with van der Waals surface area (Å²) in [5.74, 6) is 2.69. The van der Waals surface area contributed by atoms with Gasteiger partial charge < -0.3 is 10.6 Å². The second-order valence-electron chi connectivity index (χ2n) is 5.08. The number of rotatable bonds is 6. The number of sulfonamides is 1. The summed E-state index contributed by atoms with van der Waals surface area (Å²) in [6.07, 6.45) is 0. The summed E-state index contributed by atoms with van der Waals surface area (Å²) in [7, 11) is -3.38. The molecule has 1 fully saturated rings. The van der Waals surface area contributed by atoms with Gasteiger partial charge in [0, 0.05) is 42.6 Å². The van der Waals surface area contributed by atoms with Crippen LogP contribution in [0.2, 0.25) is 0 Å². The van der Waals surface area contributed by atoms with E-state index in [0.717, 1.165) is 29.5 Å². The second-order valence-corrected chi connectivity index (χ2v) is 9.64. The second kappa shape index (κ2) is 10.2. The van der Waals surface area contributed by atoms with Crippen molar-refractivity contribution in [2.24, 2.45) is 10.7 Å². The van der Waals surface area contributed by atoms with Crippen molar-refractivity contribution in [1.82, 2.24) is 9.21 Å². The molecule has 0 bridgehead atoms. The van der Waals surface area contributed by atoms with E-state index in [4.69, 9.17) is 5.73 Å². The highest BCUT2D eigenvalue weighted by molar-refractivity contribution is 14.0. The molecule has 6 nitrogen and oxygen atoms in total. The van der Waals surface area contributed by atoms with Crippen LogP contribution in [-0.4, -0.2) is 61.3 Å². The lowest BCUT2D eigenvalue weighted by Crippen LogP contribution is -2.42. The standard InChI is InChI=1S/C14H24N4O2S3.HI/c1-3-18(4-2)23(19,20)13-6-5-12(22-13)11-16-14(15)17-7-9-21-10-8-17;/h5-6H,3-4,7-11H2,1-2H3,(H2,15,16);1H. The fraction of sp³-hybridized carbons (Fsp3) is 0.643. The Kier molecular flexibility index (Phi) is 9.34. The Morgan fingerprint density at radius 3 is 2.50 bits per heavy atom. The van der Waals surface area contributed by atoms with Crippen LogP contribution in [0.25, 0.3) is 0 Å². The maximum absolute atomic E-state index is 12.5. The molecule has 0 unspecified atom stereocenters. The molecule has 2 N–H and O–H groups in total. The maximum Gasteiger partial charge on any atom is 0.252 e. The highest BCUT2D eigenvalue weighted by Crippen LogP contribution is 2.25. The summed E-state index contributed by atoms with van der Waals surface area (Å²) < 4.78 is 26.8. The molecular weight excluding hydrogens is 479 g/mol. The van der Waals surface area contributed by atoms with Gasteiger partial charge in [0.1, 0.15) is 4.21 Å². The van der Waals surface area contributed by atoms with E-state index in [0.29, 0.717) is 29.8 Å². The Morgan fingerprint density at radius 2 is 1.92 bits per heavy atom. The number of halogens is 1. The maximum atomic E-state index is 12.5. The first-order chi connectivity index (χ1) is 11.0. The lowest BCUT2D eigenvalue weighted by atomic mass is 10.5. The summed E-state index contributed by atoms with van der Waals surface area (Å²) in [5, 5.41) is 0. The summed E-state index contributed by atoms with van der Waals surface area (Å²) in [4.78, 5) is 7.40. The Hall–Kier alpha value is -0.0400. The largest absolute Gasteiger partial charge is 0.370 e. The van der Waals surface area contributed by atoms with Gasteiger partial charge in [-0.3, -0.25) is 0 Å². The van der Waals surface area contributed by atoms with E-state index in [-0.39, 0.29) is 24.0 Å². The van der Waals surface area contributed by atoms with Crippen molar-refractivity contribution in [1.29, 1.82) is 0 Å². The topological polar surface area (TPSA) is 79.0 Å². The third kappa shape index (κ3) is 5.48. The fourth-order valence-corrected chi connectivity index (χ4v) is 6.12. The molecule has 1 aromatic rings. The first-order valence-corrected chi connectivity index (χ1v) is 11.1. The lowest BCUT2D eigenvalue weighted by Gasteiger charge is -2.27. The van der Waals surface area contributed by atoms with Crippen molar-refractivity contribution in [3.05, 3.63) is 17.0 Å². The van der Waals surface area contributed by atoms with E-state index >= 15 is 0 Å². The molecular formula is C14H25IN4O2S3. The van der Waals surface area contributed by atoms with Crippen LogP contribution in [0.5, 0.6) is 0 Å². The Balaban J connectivity index is 0.00000288. The monoisotopic (exact) mass is 504 g/mol. The van der Waals surface area contributed by atoms with Gasteiger partial charge in [-0.25, -0.2) is 13.4 Å². The quantitative estimate of drug-likeness (QED) is 0.365. The van der Waals surface area contributed by atoms with Crippen LogP contribution >= 0.6 is 47.1 Å². The van der Waals surface area contributed by atoms with Crippen LogP contribution in [-0.2, 0) is 16.6 Å². The first kappa shape index (κ1) is 22.0. The molecule has 24 heavy (non-hydrogen) atoms. The zero-order valence-electron chi connectivity index (χ0n) is 14.0. The SMILES string of the molecule is CCN(CC)S(=O)(=O)c1ccc(CN=C(N)N2CCSCC2)s1.I. The van der Waals surface area contributed by atoms with Crippen molar-refractivity contribution < 1.29 is 8.42 Å². The number of guanidine groups is 1. The minimum absolute atomic E-state index is 0. The van der Waals surface area contributed by atoms with E-state index in [1.54, 1.807) is 6.07 Å². The van der Waals surface area contributed by atoms with Crippen molar-refractivity contribution in [3.63, 3.8) is 0 Å². The molecule has 10 heteroatoms. The summed E-state index contributed by atoms with van der Waals surface area (Å²) >= 11 is 3.19. The molecule has 2 rings (SSSR count). The van der Waals surface area contributed by atoms with Gasteiger partial charge in [-0.15, -0.1) is 35.3 Å². The van der Waals surface area contributed by atoms with E-state index < -0.39 is 10.0 Å². The van der Waals surface area contributed by atoms with Crippen molar-refractivity contribution >= 4 is 63.1 Å². The molecule has 1 saturated heterocycles. The fourth-order valence-electron chi connectivity index (χ4n) is 2.32. The third-order valence-electron chi connectivity index (χ3n) is 3.67. The van der Waals surface area contributed by atoms with Crippen LogP contribution in [0, 0.1) is 0 Å². The van der Waals surface area contributed by atoms with Crippen molar-refractivity contribution in [2.45, 2.75) is 24.6 Å². The van der Waals surface area contributed by atoms with Gasteiger partial charge in [0.05, 0.1) is 6.54 Å². The van der Waals surface area contributed by atoms with Crippen molar-refractivity contribution in [2.75, 3.05) is 37.7 Å². The molecule has 0 spiro atoms. The number of thioether (sulfide) groups is 1. The molecule has 0 amide bonds. The molecule has 1 aliphatic rings. The summed E-state index contributed by atoms with van der Waals surface area (Å²) in [6.45, 7) is 6.91. The van der Waals surface area contributed by atoms with E-state index in [2.05, 4.69) is 9.89 Å². The number of hydrogen-bond donors (Lipinski definition) is 1. The molecule has 0 saturated carbocycles. The van der Waals surface area contributed by atoms with Crippen molar-refractivity contribution in [3.8, 4) is 0 Å². The van der Waals surface area contributed by atoms with E-state index in [9.17, 15) is 8.42 Å². The Morgan fingerprint density at radius 1 is 1.29 bits per heavy atom. The van der Waals surface area contributed by atoms with E-state index in [1.165, 1.54) is 15.6 Å². The minimum Gasteiger partial charge on any atom is -0.370 e. The average Bonchev–Trinajstić information content (AvgIpc) is 3.04. The summed E-state index contributed by atoms with van der Waals surface area (Å²) in [5.41, 5.74) is 6.02. The number of aliphatic imine (C=N–C) groups is 1. The van der Waals surface area contributed by atoms with Crippen LogP contribution < -0.4 is 5.73 Å². The molecule has 0 aliphatic carbocycles. The molecule has 0 aromatic carbocycles. The van der Waals surface area contributed by atoms with Gasteiger partial charge >= 0.3 is 0 Å². The van der Waals surface area contributed by atoms with Crippen LogP contribution in [0.1, 0.15) is 18.7 Å². The van der Waals surface area contributed by atoms with Gasteiger partial charge in [0.25, 0.3) is 10.0 Å². The number of hydrogen-bond acceptors (Lipinski definition) is 5. The molecule has 1 aromatic heterocycles. The third-order valence-corrected chi connectivity index (χ3v) is 8.20. The zero-order chi connectivity index (χ0) is 16.9. The average molecular weight is 504 g/mol.